The maximum atomic E-state index is 12.9. The average molecular weight is 319 g/mol. The highest BCUT2D eigenvalue weighted by molar-refractivity contribution is 7.88. The molecule has 0 amide bonds. The lowest BCUT2D eigenvalue weighted by Gasteiger charge is -2.24. The Bertz CT molecular complexity index is 729. The highest BCUT2D eigenvalue weighted by Gasteiger charge is 2.34. The van der Waals surface area contributed by atoms with Crippen LogP contribution < -0.4 is 0 Å². The fraction of sp³-hybridized carbons (Fsp3) is 0.294. The molecule has 3 rings (SSSR count). The maximum Gasteiger partial charge on any atom is 0.218 e. The number of sulfonamides is 1. The normalized spacial score (nSPS) is 19.4. The SMILES string of the molecule is O=S(=O)(Cc1ccc(F)cc1)N1CCC[C@H]1c1ccccc1. The standard InChI is InChI=1S/C17H18FNO2S/c18-16-10-8-14(9-11-16)13-22(20,21)19-12-4-7-17(19)15-5-2-1-3-6-15/h1-3,5-6,8-11,17H,4,7,12-13H2/t17-/m0/s1. The first-order valence-electron chi connectivity index (χ1n) is 7.35. The Morgan fingerprint density at radius 3 is 2.41 bits per heavy atom. The summed E-state index contributed by atoms with van der Waals surface area (Å²) in [6.07, 6.45) is 1.70. The van der Waals surface area contributed by atoms with E-state index in [9.17, 15) is 12.8 Å². The summed E-state index contributed by atoms with van der Waals surface area (Å²) < 4.78 is 39.9. The number of halogens is 1. The second kappa shape index (κ2) is 6.18. The molecule has 1 heterocycles. The molecule has 0 unspecified atom stereocenters. The minimum Gasteiger partial charge on any atom is -0.212 e. The monoisotopic (exact) mass is 319 g/mol. The molecule has 0 spiro atoms. The van der Waals surface area contributed by atoms with Crippen LogP contribution in [0, 0.1) is 5.82 Å². The highest BCUT2D eigenvalue weighted by atomic mass is 32.2. The molecule has 1 atom stereocenters. The third-order valence-electron chi connectivity index (χ3n) is 4.01. The van der Waals surface area contributed by atoms with E-state index in [1.54, 1.807) is 4.31 Å². The smallest absolute Gasteiger partial charge is 0.212 e. The van der Waals surface area contributed by atoms with E-state index in [1.165, 1.54) is 24.3 Å². The fourth-order valence-corrected chi connectivity index (χ4v) is 4.76. The molecule has 2 aromatic rings. The van der Waals surface area contributed by atoms with Gasteiger partial charge in [-0.05, 0) is 36.1 Å². The predicted molar refractivity (Wildman–Crippen MR) is 84.1 cm³/mol. The topological polar surface area (TPSA) is 37.4 Å². The minimum atomic E-state index is -3.41. The van der Waals surface area contributed by atoms with E-state index >= 15 is 0 Å². The lowest BCUT2D eigenvalue weighted by molar-refractivity contribution is 0.396. The Hall–Kier alpha value is -1.72. The molecule has 22 heavy (non-hydrogen) atoms. The first kappa shape index (κ1) is 15.2. The van der Waals surface area contributed by atoms with Crippen LogP contribution in [0.2, 0.25) is 0 Å². The van der Waals surface area contributed by atoms with Crippen LogP contribution in [0.4, 0.5) is 4.39 Å². The predicted octanol–water partition coefficient (Wildman–Crippen LogP) is 3.49. The van der Waals surface area contributed by atoms with Gasteiger partial charge in [0.2, 0.25) is 10.0 Å². The summed E-state index contributed by atoms with van der Waals surface area (Å²) in [5.41, 5.74) is 1.64. The van der Waals surface area contributed by atoms with Crippen molar-refractivity contribution in [2.45, 2.75) is 24.6 Å². The Morgan fingerprint density at radius 1 is 1.05 bits per heavy atom. The van der Waals surface area contributed by atoms with Crippen LogP contribution >= 0.6 is 0 Å². The van der Waals surface area contributed by atoms with Crippen molar-refractivity contribution in [1.29, 1.82) is 0 Å². The molecule has 2 aromatic carbocycles. The van der Waals surface area contributed by atoms with Crippen LogP contribution in [0.15, 0.2) is 54.6 Å². The summed E-state index contributed by atoms with van der Waals surface area (Å²) in [5.74, 6) is -0.444. The molecule has 0 radical (unpaired) electrons. The van der Waals surface area contributed by atoms with Crippen LogP contribution in [0.5, 0.6) is 0 Å². The summed E-state index contributed by atoms with van der Waals surface area (Å²) in [5, 5.41) is 0. The van der Waals surface area contributed by atoms with Crippen molar-refractivity contribution in [3.05, 3.63) is 71.5 Å². The Morgan fingerprint density at radius 2 is 1.73 bits per heavy atom. The van der Waals surface area contributed by atoms with Crippen molar-refractivity contribution in [2.24, 2.45) is 0 Å². The summed E-state index contributed by atoms with van der Waals surface area (Å²) in [6, 6.07) is 15.3. The van der Waals surface area contributed by atoms with E-state index in [-0.39, 0.29) is 17.6 Å². The second-order valence-corrected chi connectivity index (χ2v) is 7.48. The molecule has 1 saturated heterocycles. The van der Waals surface area contributed by atoms with Gasteiger partial charge in [0.1, 0.15) is 5.82 Å². The Balaban J connectivity index is 1.83. The largest absolute Gasteiger partial charge is 0.218 e. The van der Waals surface area contributed by atoms with Gasteiger partial charge < -0.3 is 0 Å². The van der Waals surface area contributed by atoms with Crippen LogP contribution in [0.3, 0.4) is 0 Å². The molecule has 3 nitrogen and oxygen atoms in total. The van der Waals surface area contributed by atoms with Crippen molar-refractivity contribution in [3.63, 3.8) is 0 Å². The molecule has 1 aliphatic rings. The van der Waals surface area contributed by atoms with E-state index in [1.807, 2.05) is 30.3 Å². The van der Waals surface area contributed by atoms with Crippen molar-refractivity contribution >= 4 is 10.0 Å². The summed E-state index contributed by atoms with van der Waals surface area (Å²) in [7, 11) is -3.41. The molecular weight excluding hydrogens is 301 g/mol. The van der Waals surface area contributed by atoms with Crippen LogP contribution in [-0.2, 0) is 15.8 Å². The van der Waals surface area contributed by atoms with Gasteiger partial charge >= 0.3 is 0 Å². The molecule has 0 N–H and O–H groups in total. The van der Waals surface area contributed by atoms with E-state index in [2.05, 4.69) is 0 Å². The van der Waals surface area contributed by atoms with Crippen molar-refractivity contribution in [2.75, 3.05) is 6.54 Å². The van der Waals surface area contributed by atoms with Crippen molar-refractivity contribution in [1.82, 2.24) is 4.31 Å². The molecular formula is C17H18FNO2S. The molecule has 0 bridgehead atoms. The van der Waals surface area contributed by atoms with E-state index < -0.39 is 10.0 Å². The molecule has 5 heteroatoms. The number of benzene rings is 2. The van der Waals surface area contributed by atoms with Gasteiger partial charge in [-0.3, -0.25) is 0 Å². The maximum absolute atomic E-state index is 12.9. The zero-order chi connectivity index (χ0) is 15.6. The van der Waals surface area contributed by atoms with Crippen LogP contribution in [0.1, 0.15) is 30.0 Å². The summed E-state index contributed by atoms with van der Waals surface area (Å²) in [6.45, 7) is 0.545. The van der Waals surface area contributed by atoms with Gasteiger partial charge in [0.05, 0.1) is 5.75 Å². The van der Waals surface area contributed by atoms with Gasteiger partial charge in [-0.1, -0.05) is 42.5 Å². The van der Waals surface area contributed by atoms with E-state index in [0.717, 1.165) is 18.4 Å². The fourth-order valence-electron chi connectivity index (χ4n) is 2.96. The van der Waals surface area contributed by atoms with Crippen LogP contribution in [-0.4, -0.2) is 19.3 Å². The Kier molecular flexibility index (Phi) is 4.27. The summed E-state index contributed by atoms with van der Waals surface area (Å²) in [4.78, 5) is 0. The number of nitrogens with zero attached hydrogens (tertiary/aromatic N) is 1. The van der Waals surface area contributed by atoms with Gasteiger partial charge in [0, 0.05) is 12.6 Å². The van der Waals surface area contributed by atoms with Crippen molar-refractivity contribution < 1.29 is 12.8 Å². The number of hydrogen-bond donors (Lipinski definition) is 0. The molecule has 0 saturated carbocycles. The molecule has 0 aliphatic carbocycles. The second-order valence-electron chi connectivity index (χ2n) is 5.56. The lowest BCUT2D eigenvalue weighted by atomic mass is 10.1. The van der Waals surface area contributed by atoms with E-state index in [4.69, 9.17) is 0 Å². The van der Waals surface area contributed by atoms with E-state index in [0.29, 0.717) is 12.1 Å². The quantitative estimate of drug-likeness (QED) is 0.865. The zero-order valence-corrected chi connectivity index (χ0v) is 13.0. The van der Waals surface area contributed by atoms with Gasteiger partial charge in [-0.2, -0.15) is 4.31 Å². The highest BCUT2D eigenvalue weighted by Crippen LogP contribution is 2.35. The number of hydrogen-bond acceptors (Lipinski definition) is 2. The first-order chi connectivity index (χ1) is 10.6. The first-order valence-corrected chi connectivity index (χ1v) is 8.96. The van der Waals surface area contributed by atoms with Gasteiger partial charge in [-0.25, -0.2) is 12.8 Å². The van der Waals surface area contributed by atoms with Crippen LogP contribution in [0.25, 0.3) is 0 Å². The zero-order valence-electron chi connectivity index (χ0n) is 12.2. The molecule has 116 valence electrons. The van der Waals surface area contributed by atoms with Gasteiger partial charge in [-0.15, -0.1) is 0 Å². The number of rotatable bonds is 4. The molecule has 1 fully saturated rings. The van der Waals surface area contributed by atoms with Gasteiger partial charge in [0.15, 0.2) is 0 Å². The Labute approximate surface area is 130 Å². The van der Waals surface area contributed by atoms with Gasteiger partial charge in [0.25, 0.3) is 0 Å². The third kappa shape index (κ3) is 3.20. The average Bonchev–Trinajstić information content (AvgIpc) is 3.01. The minimum absolute atomic E-state index is 0.0867. The molecule has 1 aliphatic heterocycles. The molecule has 0 aromatic heterocycles. The van der Waals surface area contributed by atoms with Crippen molar-refractivity contribution in [3.8, 4) is 0 Å². The third-order valence-corrected chi connectivity index (χ3v) is 5.86. The lowest BCUT2D eigenvalue weighted by Crippen LogP contribution is -2.31. The summed E-state index contributed by atoms with van der Waals surface area (Å²) >= 11 is 0.